The molecule has 1 heterocycles. The molecular formula is C21H23NO4. The van der Waals surface area contributed by atoms with Crippen LogP contribution in [0, 0.1) is 0 Å². The van der Waals surface area contributed by atoms with Gasteiger partial charge in [-0.25, -0.2) is 4.79 Å². The molecule has 0 saturated carbocycles. The van der Waals surface area contributed by atoms with Gasteiger partial charge in [-0.15, -0.1) is 0 Å². The van der Waals surface area contributed by atoms with E-state index in [1.165, 1.54) is 0 Å². The zero-order valence-corrected chi connectivity index (χ0v) is 14.9. The first-order chi connectivity index (χ1) is 12.6. The second-order valence-corrected chi connectivity index (χ2v) is 6.57. The summed E-state index contributed by atoms with van der Waals surface area (Å²) in [7, 11) is 1.76. The molecule has 1 unspecified atom stereocenters. The highest BCUT2D eigenvalue weighted by molar-refractivity contribution is 6.04. The number of hydrogen-bond donors (Lipinski definition) is 1. The Balaban J connectivity index is 1.89. The smallest absolute Gasteiger partial charge is 0.336 e. The lowest BCUT2D eigenvalue weighted by Crippen LogP contribution is -2.37. The molecule has 1 saturated heterocycles. The van der Waals surface area contributed by atoms with Crippen LogP contribution in [0.4, 0.5) is 0 Å². The molecule has 0 spiro atoms. The number of carboxylic acids is 1. The molecule has 2 aromatic carbocycles. The van der Waals surface area contributed by atoms with Gasteiger partial charge in [-0.1, -0.05) is 36.4 Å². The van der Waals surface area contributed by atoms with Crippen molar-refractivity contribution in [3.8, 4) is 11.1 Å². The fraction of sp³-hybridized carbons (Fsp3) is 0.333. The van der Waals surface area contributed by atoms with Crippen molar-refractivity contribution in [3.05, 3.63) is 59.7 Å². The molecule has 136 valence electrons. The SMILES string of the molecule is CN(CC1CCCCO1)C(=O)c1ccccc1-c1ccccc1C(=O)O. The minimum Gasteiger partial charge on any atom is -0.478 e. The van der Waals surface area contributed by atoms with Gasteiger partial charge in [-0.05, 0) is 42.5 Å². The Morgan fingerprint density at radius 1 is 1.04 bits per heavy atom. The Bertz CT molecular complexity index is 796. The minimum absolute atomic E-state index is 0.0659. The molecule has 2 aromatic rings. The third-order valence-electron chi connectivity index (χ3n) is 4.70. The number of amides is 1. The summed E-state index contributed by atoms with van der Waals surface area (Å²) in [5.41, 5.74) is 1.86. The van der Waals surface area contributed by atoms with Crippen LogP contribution < -0.4 is 0 Å². The molecular weight excluding hydrogens is 330 g/mol. The van der Waals surface area contributed by atoms with E-state index in [0.717, 1.165) is 25.9 Å². The lowest BCUT2D eigenvalue weighted by Gasteiger charge is -2.28. The standard InChI is InChI=1S/C21H23NO4/c1-22(14-15-8-6-7-13-26-15)20(23)18-11-4-2-9-16(18)17-10-3-5-12-19(17)21(24)25/h2-5,9-12,15H,6-8,13-14H2,1H3,(H,24,25). The van der Waals surface area contributed by atoms with E-state index in [9.17, 15) is 14.7 Å². The van der Waals surface area contributed by atoms with Gasteiger partial charge < -0.3 is 14.7 Å². The molecule has 3 rings (SSSR count). The number of aromatic carboxylic acids is 1. The molecule has 1 aliphatic heterocycles. The van der Waals surface area contributed by atoms with Crippen LogP contribution in [0.25, 0.3) is 11.1 Å². The molecule has 1 fully saturated rings. The van der Waals surface area contributed by atoms with E-state index >= 15 is 0 Å². The maximum atomic E-state index is 13.0. The van der Waals surface area contributed by atoms with Crippen LogP contribution in [0.2, 0.25) is 0 Å². The first-order valence-electron chi connectivity index (χ1n) is 8.86. The van der Waals surface area contributed by atoms with Crippen LogP contribution in [0.5, 0.6) is 0 Å². The van der Waals surface area contributed by atoms with E-state index in [0.29, 0.717) is 23.2 Å². The number of ether oxygens (including phenoxy) is 1. The fourth-order valence-corrected chi connectivity index (χ4v) is 3.35. The third kappa shape index (κ3) is 3.94. The summed E-state index contributed by atoms with van der Waals surface area (Å²) in [6.07, 6.45) is 3.22. The minimum atomic E-state index is -1.01. The van der Waals surface area contributed by atoms with Crippen molar-refractivity contribution in [1.82, 2.24) is 4.90 Å². The van der Waals surface area contributed by atoms with Crippen molar-refractivity contribution in [1.29, 1.82) is 0 Å². The number of carboxylic acid groups (broad SMARTS) is 1. The Hall–Kier alpha value is -2.66. The predicted octanol–water partition coefficient (Wildman–Crippen LogP) is 3.69. The molecule has 0 radical (unpaired) electrons. The lowest BCUT2D eigenvalue weighted by molar-refractivity contribution is -0.000174. The zero-order valence-electron chi connectivity index (χ0n) is 14.9. The van der Waals surface area contributed by atoms with Crippen LogP contribution in [-0.2, 0) is 4.74 Å². The average Bonchev–Trinajstić information content (AvgIpc) is 2.68. The van der Waals surface area contributed by atoms with E-state index in [2.05, 4.69) is 0 Å². The van der Waals surface area contributed by atoms with Gasteiger partial charge in [0.1, 0.15) is 0 Å². The quantitative estimate of drug-likeness (QED) is 0.890. The summed E-state index contributed by atoms with van der Waals surface area (Å²) >= 11 is 0. The Morgan fingerprint density at radius 3 is 2.27 bits per heavy atom. The van der Waals surface area contributed by atoms with Crippen LogP contribution in [0.15, 0.2) is 48.5 Å². The lowest BCUT2D eigenvalue weighted by atomic mass is 9.94. The number of carbonyl (C=O) groups is 2. The van der Waals surface area contributed by atoms with Gasteiger partial charge in [0.25, 0.3) is 5.91 Å². The van der Waals surface area contributed by atoms with Gasteiger partial charge in [-0.2, -0.15) is 0 Å². The first-order valence-corrected chi connectivity index (χ1v) is 8.86. The first kappa shape index (κ1) is 18.1. The molecule has 5 heteroatoms. The summed E-state index contributed by atoms with van der Waals surface area (Å²) in [5.74, 6) is -1.14. The molecule has 1 amide bonds. The molecule has 1 N–H and O–H groups in total. The van der Waals surface area contributed by atoms with Gasteiger partial charge >= 0.3 is 5.97 Å². The average molecular weight is 353 g/mol. The van der Waals surface area contributed by atoms with E-state index < -0.39 is 5.97 Å². The molecule has 5 nitrogen and oxygen atoms in total. The molecule has 1 atom stereocenters. The second kappa shape index (κ2) is 8.15. The van der Waals surface area contributed by atoms with Crippen LogP contribution >= 0.6 is 0 Å². The highest BCUT2D eigenvalue weighted by Gasteiger charge is 2.23. The van der Waals surface area contributed by atoms with E-state index in [1.54, 1.807) is 54.4 Å². The monoisotopic (exact) mass is 353 g/mol. The normalized spacial score (nSPS) is 16.9. The van der Waals surface area contributed by atoms with Crippen molar-refractivity contribution < 1.29 is 19.4 Å². The van der Waals surface area contributed by atoms with Crippen LogP contribution in [0.3, 0.4) is 0 Å². The van der Waals surface area contributed by atoms with Crippen molar-refractivity contribution in [2.24, 2.45) is 0 Å². The number of rotatable bonds is 5. The number of carbonyl (C=O) groups excluding carboxylic acids is 1. The number of likely N-dealkylation sites (N-methyl/N-ethyl adjacent to an activating group) is 1. The van der Waals surface area contributed by atoms with Gasteiger partial charge in [0.05, 0.1) is 11.7 Å². The summed E-state index contributed by atoms with van der Waals surface area (Å²) in [6, 6.07) is 13.9. The fourth-order valence-electron chi connectivity index (χ4n) is 3.35. The Kier molecular flexibility index (Phi) is 5.68. The third-order valence-corrected chi connectivity index (χ3v) is 4.70. The topological polar surface area (TPSA) is 66.8 Å². The second-order valence-electron chi connectivity index (χ2n) is 6.57. The summed E-state index contributed by atoms with van der Waals surface area (Å²) in [6.45, 7) is 1.28. The summed E-state index contributed by atoms with van der Waals surface area (Å²) in [5, 5.41) is 9.47. The maximum Gasteiger partial charge on any atom is 0.336 e. The van der Waals surface area contributed by atoms with Gasteiger partial charge in [0, 0.05) is 25.8 Å². The molecule has 26 heavy (non-hydrogen) atoms. The number of hydrogen-bond acceptors (Lipinski definition) is 3. The largest absolute Gasteiger partial charge is 0.478 e. The molecule has 0 aliphatic carbocycles. The highest BCUT2D eigenvalue weighted by atomic mass is 16.5. The maximum absolute atomic E-state index is 13.0. The van der Waals surface area contributed by atoms with Gasteiger partial charge in [0.2, 0.25) is 0 Å². The molecule has 0 bridgehead atoms. The number of nitrogens with zero attached hydrogens (tertiary/aromatic N) is 1. The van der Waals surface area contributed by atoms with Crippen molar-refractivity contribution in [2.45, 2.75) is 25.4 Å². The molecule has 1 aliphatic rings. The van der Waals surface area contributed by atoms with Gasteiger partial charge in [-0.3, -0.25) is 4.79 Å². The van der Waals surface area contributed by atoms with Crippen molar-refractivity contribution in [3.63, 3.8) is 0 Å². The Morgan fingerprint density at radius 2 is 1.65 bits per heavy atom. The zero-order chi connectivity index (χ0) is 18.5. The molecule has 0 aromatic heterocycles. The van der Waals surface area contributed by atoms with E-state index in [1.807, 2.05) is 6.07 Å². The highest BCUT2D eigenvalue weighted by Crippen LogP contribution is 2.28. The van der Waals surface area contributed by atoms with E-state index in [4.69, 9.17) is 4.74 Å². The van der Waals surface area contributed by atoms with Crippen LogP contribution in [-0.4, -0.2) is 48.2 Å². The predicted molar refractivity (Wildman–Crippen MR) is 99.4 cm³/mol. The van der Waals surface area contributed by atoms with Crippen molar-refractivity contribution >= 4 is 11.9 Å². The van der Waals surface area contributed by atoms with Crippen LogP contribution in [0.1, 0.15) is 40.0 Å². The van der Waals surface area contributed by atoms with Gasteiger partial charge in [0.15, 0.2) is 0 Å². The van der Waals surface area contributed by atoms with Crippen molar-refractivity contribution in [2.75, 3.05) is 20.2 Å². The summed E-state index contributed by atoms with van der Waals surface area (Å²) < 4.78 is 5.73. The summed E-state index contributed by atoms with van der Waals surface area (Å²) in [4.78, 5) is 26.2. The van der Waals surface area contributed by atoms with E-state index in [-0.39, 0.29) is 17.6 Å². The number of benzene rings is 2. The Labute approximate surface area is 153 Å².